The number of fused-ring (bicyclic) bond motifs is 1. The molecule has 1 aliphatic heterocycles. The molecule has 0 radical (unpaired) electrons. The highest BCUT2D eigenvalue weighted by molar-refractivity contribution is 7.92. The molecule has 4 rings (SSSR count). The van der Waals surface area contributed by atoms with Gasteiger partial charge in [0.05, 0.1) is 21.7 Å². The van der Waals surface area contributed by atoms with E-state index < -0.39 is 69.9 Å². The Labute approximate surface area is 216 Å². The molecule has 0 atom stereocenters. The second-order valence-electron chi connectivity index (χ2n) is 8.20. The minimum atomic E-state index is -4.88. The molecule has 3 aromatic carbocycles. The quantitative estimate of drug-likeness (QED) is 0.407. The number of carbonyl (C=O) groups excluding carboxylic acids is 1. The van der Waals surface area contributed by atoms with Crippen molar-refractivity contribution in [1.82, 2.24) is 4.90 Å². The largest absolute Gasteiger partial charge is 0.480 e. The summed E-state index contributed by atoms with van der Waals surface area (Å²) >= 11 is 0. The number of aliphatic carboxylic acids is 1. The number of ether oxygens (including phenoxy) is 1. The molecule has 39 heavy (non-hydrogen) atoms. The second-order valence-corrected chi connectivity index (χ2v) is 10.1. The minimum Gasteiger partial charge on any atom is -0.480 e. The number of rotatable bonds is 7. The maximum absolute atomic E-state index is 14.1. The summed E-state index contributed by atoms with van der Waals surface area (Å²) < 4.78 is 111. The molecule has 0 saturated heterocycles. The van der Waals surface area contributed by atoms with Crippen molar-refractivity contribution < 1.29 is 54.2 Å². The highest BCUT2D eigenvalue weighted by Gasteiger charge is 2.39. The molecule has 8 nitrogen and oxygen atoms in total. The maximum Gasteiger partial charge on any atom is 0.416 e. The van der Waals surface area contributed by atoms with Crippen molar-refractivity contribution in [2.75, 3.05) is 17.5 Å². The molecule has 0 spiro atoms. The van der Waals surface area contributed by atoms with Crippen LogP contribution in [0.1, 0.15) is 15.9 Å². The number of alkyl halides is 5. The summed E-state index contributed by atoms with van der Waals surface area (Å²) in [5.41, 5.74) is -1.94. The molecule has 1 N–H and O–H groups in total. The summed E-state index contributed by atoms with van der Waals surface area (Å²) in [6.45, 7) is -5.07. The molecular formula is C24H16F6N2O6S. The predicted molar refractivity (Wildman–Crippen MR) is 123 cm³/mol. The standard InChI is InChI=1S/C24H16F6N2O6S/c25-16-6-14(7-17(10-16)38-23(26)27)13-4-5-19-20(8-13)32(12-31(22(19)35)11-21(33)34)39(36,37)18-3-1-2-15(9-18)24(28,29)30/h1-10,23H,11-12H2,(H,33,34). The number of benzene rings is 3. The van der Waals surface area contributed by atoms with E-state index in [2.05, 4.69) is 4.74 Å². The van der Waals surface area contributed by atoms with Crippen molar-refractivity contribution >= 4 is 27.6 Å². The number of carboxylic acids is 1. The lowest BCUT2D eigenvalue weighted by Gasteiger charge is -2.36. The Morgan fingerprint density at radius 2 is 1.74 bits per heavy atom. The number of sulfonamides is 1. The lowest BCUT2D eigenvalue weighted by molar-refractivity contribution is -0.138. The fourth-order valence-electron chi connectivity index (χ4n) is 3.92. The highest BCUT2D eigenvalue weighted by atomic mass is 32.2. The van der Waals surface area contributed by atoms with Gasteiger partial charge in [0.1, 0.15) is 24.8 Å². The predicted octanol–water partition coefficient (Wildman–Crippen LogP) is 4.81. The van der Waals surface area contributed by atoms with E-state index >= 15 is 0 Å². The molecule has 1 heterocycles. The van der Waals surface area contributed by atoms with Crippen LogP contribution in [0.5, 0.6) is 5.75 Å². The van der Waals surface area contributed by atoms with E-state index in [1.165, 1.54) is 6.07 Å². The monoisotopic (exact) mass is 574 g/mol. The van der Waals surface area contributed by atoms with Gasteiger partial charge in [-0.3, -0.25) is 9.59 Å². The number of amides is 1. The van der Waals surface area contributed by atoms with Crippen LogP contribution in [-0.2, 0) is 21.0 Å². The first-order valence-corrected chi connectivity index (χ1v) is 12.2. The van der Waals surface area contributed by atoms with Gasteiger partial charge in [0, 0.05) is 6.07 Å². The third-order valence-electron chi connectivity index (χ3n) is 5.59. The summed E-state index contributed by atoms with van der Waals surface area (Å²) in [6, 6.07) is 8.88. The van der Waals surface area contributed by atoms with Gasteiger partial charge in [-0.1, -0.05) is 12.1 Å². The lowest BCUT2D eigenvalue weighted by atomic mass is 10.0. The fourth-order valence-corrected chi connectivity index (χ4v) is 5.40. The number of hydrogen-bond donors (Lipinski definition) is 1. The van der Waals surface area contributed by atoms with Gasteiger partial charge in [-0.15, -0.1) is 0 Å². The molecule has 3 aromatic rings. The highest BCUT2D eigenvalue weighted by Crippen LogP contribution is 2.38. The zero-order valence-electron chi connectivity index (χ0n) is 19.3. The zero-order chi connectivity index (χ0) is 28.7. The summed E-state index contributed by atoms with van der Waals surface area (Å²) in [6.07, 6.45) is -4.88. The second kappa shape index (κ2) is 10.1. The molecule has 0 fully saturated rings. The number of anilines is 1. The molecule has 0 unspecified atom stereocenters. The van der Waals surface area contributed by atoms with Crippen LogP contribution >= 0.6 is 0 Å². The van der Waals surface area contributed by atoms with Gasteiger partial charge in [-0.2, -0.15) is 22.0 Å². The van der Waals surface area contributed by atoms with E-state index in [4.69, 9.17) is 0 Å². The van der Waals surface area contributed by atoms with E-state index in [0.717, 1.165) is 36.4 Å². The summed E-state index contributed by atoms with van der Waals surface area (Å²) in [4.78, 5) is 24.1. The Morgan fingerprint density at radius 3 is 2.38 bits per heavy atom. The Hall–Kier alpha value is -4.27. The first-order chi connectivity index (χ1) is 18.2. The molecule has 0 saturated carbocycles. The Kier molecular flexibility index (Phi) is 7.21. The van der Waals surface area contributed by atoms with E-state index in [1.54, 1.807) is 0 Å². The third kappa shape index (κ3) is 5.77. The van der Waals surface area contributed by atoms with Crippen LogP contribution in [0, 0.1) is 5.82 Å². The molecule has 1 amide bonds. The fraction of sp³-hybridized carbons (Fsp3) is 0.167. The van der Waals surface area contributed by atoms with Gasteiger partial charge in [0.2, 0.25) is 0 Å². The van der Waals surface area contributed by atoms with Crippen LogP contribution in [0.4, 0.5) is 32.0 Å². The van der Waals surface area contributed by atoms with Crippen LogP contribution in [0.25, 0.3) is 11.1 Å². The van der Waals surface area contributed by atoms with Crippen molar-refractivity contribution in [1.29, 1.82) is 0 Å². The van der Waals surface area contributed by atoms with Gasteiger partial charge >= 0.3 is 18.8 Å². The molecule has 206 valence electrons. The summed E-state index contributed by atoms with van der Waals surface area (Å²) in [5, 5.41) is 9.18. The topological polar surface area (TPSA) is 104 Å². The van der Waals surface area contributed by atoms with Crippen LogP contribution in [0.15, 0.2) is 65.6 Å². The number of carboxylic acid groups (broad SMARTS) is 1. The van der Waals surface area contributed by atoms with Crippen LogP contribution in [-0.4, -0.2) is 50.1 Å². The summed E-state index contributed by atoms with van der Waals surface area (Å²) in [5.74, 6) is -3.89. The number of carbonyl (C=O) groups is 2. The maximum atomic E-state index is 14.1. The van der Waals surface area contributed by atoms with Crippen molar-refractivity contribution in [3.63, 3.8) is 0 Å². The normalized spacial score (nSPS) is 14.0. The van der Waals surface area contributed by atoms with E-state index in [1.807, 2.05) is 0 Å². The average molecular weight is 574 g/mol. The minimum absolute atomic E-state index is 0.0380. The van der Waals surface area contributed by atoms with Crippen molar-refractivity contribution in [3.8, 4) is 16.9 Å². The van der Waals surface area contributed by atoms with Crippen LogP contribution in [0.2, 0.25) is 0 Å². The zero-order valence-corrected chi connectivity index (χ0v) is 20.1. The average Bonchev–Trinajstić information content (AvgIpc) is 2.84. The molecule has 15 heteroatoms. The van der Waals surface area contributed by atoms with Gasteiger partial charge in [0.25, 0.3) is 15.9 Å². The van der Waals surface area contributed by atoms with Gasteiger partial charge in [-0.25, -0.2) is 17.1 Å². The number of halogens is 6. The van der Waals surface area contributed by atoms with E-state index in [-0.39, 0.29) is 22.4 Å². The van der Waals surface area contributed by atoms with E-state index in [9.17, 15) is 49.5 Å². The molecule has 0 aromatic heterocycles. The van der Waals surface area contributed by atoms with Gasteiger partial charge in [-0.05, 0) is 53.6 Å². The van der Waals surface area contributed by atoms with Crippen molar-refractivity contribution in [3.05, 3.63) is 77.6 Å². The number of hydrogen-bond acceptors (Lipinski definition) is 5. The third-order valence-corrected chi connectivity index (χ3v) is 7.33. The Bertz CT molecular complexity index is 1560. The Balaban J connectivity index is 1.88. The van der Waals surface area contributed by atoms with Gasteiger partial charge in [0.15, 0.2) is 0 Å². The van der Waals surface area contributed by atoms with Gasteiger partial charge < -0.3 is 14.7 Å². The van der Waals surface area contributed by atoms with Crippen molar-refractivity contribution in [2.45, 2.75) is 17.7 Å². The number of nitrogens with zero attached hydrogens (tertiary/aromatic N) is 2. The Morgan fingerprint density at radius 1 is 1.03 bits per heavy atom. The van der Waals surface area contributed by atoms with Crippen molar-refractivity contribution in [2.24, 2.45) is 0 Å². The van der Waals surface area contributed by atoms with E-state index in [0.29, 0.717) is 27.4 Å². The van der Waals surface area contributed by atoms with Crippen LogP contribution in [0.3, 0.4) is 0 Å². The van der Waals surface area contributed by atoms with Crippen LogP contribution < -0.4 is 9.04 Å². The summed E-state index contributed by atoms with van der Waals surface area (Å²) in [7, 11) is -4.83. The molecule has 0 bridgehead atoms. The SMILES string of the molecule is O=C(O)CN1CN(S(=O)(=O)c2cccc(C(F)(F)F)c2)c2cc(-c3cc(F)cc(OC(F)F)c3)ccc2C1=O. The first-order valence-electron chi connectivity index (χ1n) is 10.8. The molecule has 1 aliphatic rings. The lowest BCUT2D eigenvalue weighted by Crippen LogP contribution is -2.50. The molecular weight excluding hydrogens is 558 g/mol. The first kappa shape index (κ1) is 27.8. The smallest absolute Gasteiger partial charge is 0.416 e. The molecule has 0 aliphatic carbocycles.